The van der Waals surface area contributed by atoms with Gasteiger partial charge in [0.2, 0.25) is 0 Å². The lowest BCUT2D eigenvalue weighted by atomic mass is 9.87. The van der Waals surface area contributed by atoms with Crippen molar-refractivity contribution in [3.63, 3.8) is 0 Å². The second kappa shape index (κ2) is 6.69. The van der Waals surface area contributed by atoms with Gasteiger partial charge in [0.25, 0.3) is 0 Å². The van der Waals surface area contributed by atoms with Crippen molar-refractivity contribution in [1.82, 2.24) is 0 Å². The molecule has 0 aromatic carbocycles. The molecule has 0 aliphatic heterocycles. The van der Waals surface area contributed by atoms with Crippen molar-refractivity contribution in [1.29, 1.82) is 0 Å². The highest BCUT2D eigenvalue weighted by atomic mass is 16.4. The highest BCUT2D eigenvalue weighted by Gasteiger charge is 2.43. The van der Waals surface area contributed by atoms with E-state index in [1.165, 1.54) is 12.8 Å². The summed E-state index contributed by atoms with van der Waals surface area (Å²) in [5.74, 6) is 1.24. The van der Waals surface area contributed by atoms with E-state index in [2.05, 4.69) is 6.58 Å². The molecule has 0 amide bonds. The molecule has 0 aromatic rings. The van der Waals surface area contributed by atoms with Crippen molar-refractivity contribution in [3.05, 3.63) is 12.7 Å². The number of aliphatic hydroxyl groups is 1. The van der Waals surface area contributed by atoms with Crippen LogP contribution in [0.15, 0.2) is 12.7 Å². The first-order valence-corrected chi connectivity index (χ1v) is 5.60. The number of fused-ring (bicyclic) bond motifs is 2. The number of aliphatic carboxylic acids is 1. The van der Waals surface area contributed by atoms with E-state index >= 15 is 0 Å². The van der Waals surface area contributed by atoms with Crippen LogP contribution in [0.1, 0.15) is 40.0 Å². The van der Waals surface area contributed by atoms with Crippen LogP contribution in [0, 0.1) is 17.8 Å². The second-order valence-corrected chi connectivity index (χ2v) is 4.45. The molecule has 0 radical (unpaired) electrons. The number of hydrogen-bond acceptors (Lipinski definition) is 2. The standard InChI is InChI=1S/C9H14O.C3H6O2.CH4/c1-2-7-3-6-4-8(7)9(10)5-6;1-2-3(4)5;/h2,6-10H,1,3-5H2;2H2,1H3,(H,4,5);1H4. The van der Waals surface area contributed by atoms with Gasteiger partial charge in [-0.2, -0.15) is 0 Å². The van der Waals surface area contributed by atoms with E-state index < -0.39 is 5.97 Å². The van der Waals surface area contributed by atoms with Crippen LogP contribution >= 0.6 is 0 Å². The molecule has 0 heterocycles. The maximum atomic E-state index is 9.47. The summed E-state index contributed by atoms with van der Waals surface area (Å²) in [6.07, 6.45) is 5.81. The molecule has 3 nitrogen and oxygen atoms in total. The van der Waals surface area contributed by atoms with E-state index in [-0.39, 0.29) is 20.0 Å². The maximum absolute atomic E-state index is 9.47. The zero-order valence-electron chi connectivity index (χ0n) is 9.22. The van der Waals surface area contributed by atoms with E-state index in [4.69, 9.17) is 5.11 Å². The number of aliphatic hydroxyl groups excluding tert-OH is 1. The molecule has 2 aliphatic rings. The van der Waals surface area contributed by atoms with Gasteiger partial charge in [0.05, 0.1) is 6.10 Å². The van der Waals surface area contributed by atoms with Gasteiger partial charge in [-0.1, -0.05) is 20.4 Å². The average Bonchev–Trinajstić information content (AvgIpc) is 2.76. The maximum Gasteiger partial charge on any atom is 0.303 e. The van der Waals surface area contributed by atoms with E-state index in [0.717, 1.165) is 12.3 Å². The predicted octanol–water partition coefficient (Wildman–Crippen LogP) is 2.70. The Morgan fingerprint density at radius 2 is 2.00 bits per heavy atom. The number of carboxylic acid groups (broad SMARTS) is 1. The lowest BCUT2D eigenvalue weighted by molar-refractivity contribution is -0.136. The van der Waals surface area contributed by atoms with Gasteiger partial charge < -0.3 is 10.2 Å². The molecule has 2 bridgehead atoms. The molecule has 94 valence electrons. The van der Waals surface area contributed by atoms with Crippen LogP contribution in [0.4, 0.5) is 0 Å². The van der Waals surface area contributed by atoms with E-state index in [1.807, 2.05) is 6.08 Å². The first-order valence-electron chi connectivity index (χ1n) is 5.60. The average molecular weight is 228 g/mol. The SMILES string of the molecule is C.C=CC1CC2CC(O)C1C2.CCC(=O)O. The number of carbonyl (C=O) groups is 1. The Hall–Kier alpha value is -0.830. The highest BCUT2D eigenvalue weighted by molar-refractivity contribution is 5.66. The molecule has 0 saturated heterocycles. The molecule has 2 aliphatic carbocycles. The van der Waals surface area contributed by atoms with Gasteiger partial charge in [0.1, 0.15) is 0 Å². The Kier molecular flexibility index (Phi) is 6.34. The lowest BCUT2D eigenvalue weighted by Crippen LogP contribution is -2.22. The molecule has 16 heavy (non-hydrogen) atoms. The molecular weight excluding hydrogens is 204 g/mol. The Morgan fingerprint density at radius 3 is 2.25 bits per heavy atom. The summed E-state index contributed by atoms with van der Waals surface area (Å²) in [7, 11) is 0. The summed E-state index contributed by atoms with van der Waals surface area (Å²) in [4.78, 5) is 9.37. The Labute approximate surface area is 98.2 Å². The zero-order chi connectivity index (χ0) is 11.4. The minimum atomic E-state index is -0.745. The summed E-state index contributed by atoms with van der Waals surface area (Å²) in [6.45, 7) is 5.38. The van der Waals surface area contributed by atoms with E-state index in [0.29, 0.717) is 11.8 Å². The van der Waals surface area contributed by atoms with Crippen molar-refractivity contribution in [3.8, 4) is 0 Å². The fourth-order valence-electron chi connectivity index (χ4n) is 2.64. The molecule has 2 saturated carbocycles. The summed E-state index contributed by atoms with van der Waals surface area (Å²) < 4.78 is 0. The normalized spacial score (nSPS) is 34.6. The molecular formula is C13H24O3. The van der Waals surface area contributed by atoms with E-state index in [9.17, 15) is 9.90 Å². The largest absolute Gasteiger partial charge is 0.481 e. The van der Waals surface area contributed by atoms with Crippen LogP contribution < -0.4 is 0 Å². The predicted molar refractivity (Wildman–Crippen MR) is 65.2 cm³/mol. The summed E-state index contributed by atoms with van der Waals surface area (Å²) in [5, 5.41) is 17.2. The zero-order valence-corrected chi connectivity index (χ0v) is 9.22. The third kappa shape index (κ3) is 3.63. The molecule has 4 atom stereocenters. The van der Waals surface area contributed by atoms with Crippen molar-refractivity contribution in [2.45, 2.75) is 46.1 Å². The first-order chi connectivity index (χ1) is 7.08. The Morgan fingerprint density at radius 1 is 1.44 bits per heavy atom. The first kappa shape index (κ1) is 15.2. The van der Waals surface area contributed by atoms with Gasteiger partial charge in [-0.05, 0) is 37.0 Å². The minimum Gasteiger partial charge on any atom is -0.481 e. The third-order valence-electron chi connectivity index (χ3n) is 3.44. The van der Waals surface area contributed by atoms with Crippen LogP contribution in [0.5, 0.6) is 0 Å². The van der Waals surface area contributed by atoms with Crippen LogP contribution in [0.3, 0.4) is 0 Å². The van der Waals surface area contributed by atoms with Gasteiger partial charge in [-0.25, -0.2) is 0 Å². The molecule has 0 aromatic heterocycles. The quantitative estimate of drug-likeness (QED) is 0.714. The fraction of sp³-hybridized carbons (Fsp3) is 0.769. The molecule has 4 unspecified atom stereocenters. The number of rotatable bonds is 2. The lowest BCUT2D eigenvalue weighted by Gasteiger charge is -2.22. The molecule has 2 N–H and O–H groups in total. The van der Waals surface area contributed by atoms with E-state index in [1.54, 1.807) is 6.92 Å². The smallest absolute Gasteiger partial charge is 0.303 e. The highest BCUT2D eigenvalue weighted by Crippen LogP contribution is 2.48. The molecule has 0 spiro atoms. The van der Waals surface area contributed by atoms with Crippen molar-refractivity contribution in [2.75, 3.05) is 0 Å². The number of hydrogen-bond donors (Lipinski definition) is 2. The van der Waals surface area contributed by atoms with Crippen molar-refractivity contribution in [2.24, 2.45) is 17.8 Å². The minimum absolute atomic E-state index is 0. The molecule has 2 rings (SSSR count). The monoisotopic (exact) mass is 228 g/mol. The topological polar surface area (TPSA) is 57.5 Å². The van der Waals surface area contributed by atoms with Gasteiger partial charge in [0, 0.05) is 6.42 Å². The van der Waals surface area contributed by atoms with Gasteiger partial charge in [0.15, 0.2) is 0 Å². The van der Waals surface area contributed by atoms with Gasteiger partial charge in [-0.3, -0.25) is 4.79 Å². The van der Waals surface area contributed by atoms with Crippen LogP contribution in [-0.4, -0.2) is 22.3 Å². The van der Waals surface area contributed by atoms with Crippen LogP contribution in [-0.2, 0) is 4.79 Å². The fourth-order valence-corrected chi connectivity index (χ4v) is 2.64. The number of allylic oxidation sites excluding steroid dienone is 1. The van der Waals surface area contributed by atoms with Crippen LogP contribution in [0.2, 0.25) is 0 Å². The van der Waals surface area contributed by atoms with Crippen molar-refractivity contribution >= 4 is 5.97 Å². The van der Waals surface area contributed by atoms with Crippen LogP contribution in [0.25, 0.3) is 0 Å². The number of carboxylic acids is 1. The van der Waals surface area contributed by atoms with Gasteiger partial charge >= 0.3 is 5.97 Å². The summed E-state index contributed by atoms with van der Waals surface area (Å²) in [6, 6.07) is 0. The Balaban J connectivity index is 0.000000330. The Bertz CT molecular complexity index is 237. The summed E-state index contributed by atoms with van der Waals surface area (Å²) >= 11 is 0. The van der Waals surface area contributed by atoms with Gasteiger partial charge in [-0.15, -0.1) is 6.58 Å². The summed E-state index contributed by atoms with van der Waals surface area (Å²) in [5.41, 5.74) is 0. The third-order valence-corrected chi connectivity index (χ3v) is 3.44. The molecule has 3 heteroatoms. The second-order valence-electron chi connectivity index (χ2n) is 4.45. The molecule has 2 fully saturated rings. The van der Waals surface area contributed by atoms with Crippen molar-refractivity contribution < 1.29 is 15.0 Å².